The lowest BCUT2D eigenvalue weighted by Crippen LogP contribution is -2.06. The minimum absolute atomic E-state index is 0.776. The van der Waals surface area contributed by atoms with E-state index in [0.29, 0.717) is 0 Å². The summed E-state index contributed by atoms with van der Waals surface area (Å²) in [5.74, 6) is 1.96. The maximum atomic E-state index is 4.20. The van der Waals surface area contributed by atoms with E-state index in [1.54, 1.807) is 0 Å². The number of fused-ring (bicyclic) bond motifs is 1. The van der Waals surface area contributed by atoms with Crippen molar-refractivity contribution >= 4 is 10.9 Å². The van der Waals surface area contributed by atoms with Gasteiger partial charge in [-0.25, -0.2) is 4.98 Å². The van der Waals surface area contributed by atoms with Crippen molar-refractivity contribution in [2.24, 2.45) is 0 Å². The number of nitrogens with zero attached hydrogens (tertiary/aromatic N) is 6. The van der Waals surface area contributed by atoms with Crippen molar-refractivity contribution < 1.29 is 0 Å². The number of tetrazole rings is 1. The first-order valence-corrected chi connectivity index (χ1v) is 8.13. The number of benzene rings is 1. The van der Waals surface area contributed by atoms with E-state index in [-0.39, 0.29) is 0 Å². The number of hydrogen-bond donors (Lipinski definition) is 1. The first-order valence-electron chi connectivity index (χ1n) is 8.13. The normalized spacial score (nSPS) is 11.4. The van der Waals surface area contributed by atoms with Gasteiger partial charge in [-0.15, -0.1) is 10.2 Å². The van der Waals surface area contributed by atoms with Crippen LogP contribution in [0.15, 0.2) is 43.0 Å². The molecule has 0 amide bonds. The molecule has 7 nitrogen and oxygen atoms in total. The molecule has 0 aliphatic carbocycles. The van der Waals surface area contributed by atoms with Crippen LogP contribution in [0.3, 0.4) is 0 Å². The second-order valence-corrected chi connectivity index (χ2v) is 5.87. The fraction of sp³-hybridized carbons (Fsp3) is 0.294. The van der Waals surface area contributed by atoms with Gasteiger partial charge in [-0.2, -0.15) is 5.21 Å². The van der Waals surface area contributed by atoms with Crippen LogP contribution in [-0.4, -0.2) is 34.7 Å². The molecule has 0 radical (unpaired) electrons. The molecule has 0 bridgehead atoms. The molecule has 4 aromatic rings. The van der Waals surface area contributed by atoms with Gasteiger partial charge in [0.25, 0.3) is 0 Å². The number of rotatable bonds is 6. The average Bonchev–Trinajstić information content (AvgIpc) is 3.34. The molecule has 0 unspecified atom stereocenters. The molecule has 0 atom stereocenters. The number of aryl methyl sites for hydroxylation is 3. The fourth-order valence-electron chi connectivity index (χ4n) is 3.25. The van der Waals surface area contributed by atoms with Crippen LogP contribution in [0.25, 0.3) is 16.7 Å². The summed E-state index contributed by atoms with van der Waals surface area (Å²) in [7, 11) is 0. The zero-order valence-corrected chi connectivity index (χ0v) is 13.6. The summed E-state index contributed by atoms with van der Waals surface area (Å²) in [5.41, 5.74) is 2.54. The Hall–Kier alpha value is -2.96. The van der Waals surface area contributed by atoms with Gasteiger partial charge in [-0.3, -0.25) is 4.57 Å². The molecule has 1 aromatic carbocycles. The Labute approximate surface area is 139 Å². The number of imidazole rings is 1. The maximum absolute atomic E-state index is 4.20. The summed E-state index contributed by atoms with van der Waals surface area (Å²) in [5, 5.41) is 15.4. The molecular weight excluding hydrogens is 302 g/mol. The fourth-order valence-corrected chi connectivity index (χ4v) is 3.25. The van der Waals surface area contributed by atoms with Crippen LogP contribution in [0.4, 0.5) is 0 Å². The monoisotopic (exact) mass is 321 g/mol. The van der Waals surface area contributed by atoms with Crippen LogP contribution < -0.4 is 0 Å². The summed E-state index contributed by atoms with van der Waals surface area (Å²) < 4.78 is 4.47. The van der Waals surface area contributed by atoms with E-state index in [1.165, 1.54) is 22.3 Å². The average molecular weight is 321 g/mol. The van der Waals surface area contributed by atoms with Crippen molar-refractivity contribution in [2.45, 2.75) is 32.7 Å². The van der Waals surface area contributed by atoms with E-state index >= 15 is 0 Å². The lowest BCUT2D eigenvalue weighted by atomic mass is 10.2. The Morgan fingerprint density at radius 2 is 2.08 bits per heavy atom. The predicted molar refractivity (Wildman–Crippen MR) is 90.9 cm³/mol. The van der Waals surface area contributed by atoms with Gasteiger partial charge in [-0.1, -0.05) is 23.4 Å². The predicted octanol–water partition coefficient (Wildman–Crippen LogP) is 2.67. The maximum Gasteiger partial charge on any atom is 0.174 e. The van der Waals surface area contributed by atoms with Crippen molar-refractivity contribution in [2.75, 3.05) is 0 Å². The molecule has 1 N–H and O–H groups in total. The molecule has 0 aliphatic rings. The summed E-state index contributed by atoms with van der Waals surface area (Å²) in [6, 6.07) is 8.55. The quantitative estimate of drug-likeness (QED) is 0.554. The summed E-state index contributed by atoms with van der Waals surface area (Å²) in [6.07, 6.45) is 8.59. The third-order valence-electron chi connectivity index (χ3n) is 4.36. The highest BCUT2D eigenvalue weighted by molar-refractivity contribution is 5.87. The summed E-state index contributed by atoms with van der Waals surface area (Å²) >= 11 is 0. The molecular formula is C17H19N7. The molecule has 0 spiro atoms. The van der Waals surface area contributed by atoms with Gasteiger partial charge in [0, 0.05) is 36.3 Å². The highest BCUT2D eigenvalue weighted by Crippen LogP contribution is 2.28. The minimum Gasteiger partial charge on any atom is -0.327 e. The number of aromatic nitrogens is 7. The van der Waals surface area contributed by atoms with Gasteiger partial charge in [0.05, 0.1) is 0 Å². The van der Waals surface area contributed by atoms with E-state index < -0.39 is 0 Å². The zero-order valence-electron chi connectivity index (χ0n) is 13.6. The minimum atomic E-state index is 0.776. The molecule has 0 saturated heterocycles. The molecule has 0 fully saturated rings. The second kappa shape index (κ2) is 6.27. The standard InChI is InChI=1S/C17H19N7/c1-13-14-6-2-3-7-15(14)24(17(13)23-11-9-18-12-23)10-5-4-8-16-19-21-22-20-16/h2-3,6-7,9,11-12H,4-5,8,10H2,1H3,(H,19,20,21,22). The highest BCUT2D eigenvalue weighted by atomic mass is 15.5. The van der Waals surface area contributed by atoms with E-state index in [0.717, 1.165) is 31.6 Å². The smallest absolute Gasteiger partial charge is 0.174 e. The third-order valence-corrected chi connectivity index (χ3v) is 4.36. The van der Waals surface area contributed by atoms with Gasteiger partial charge in [0.2, 0.25) is 0 Å². The Bertz CT molecular complexity index is 920. The van der Waals surface area contributed by atoms with Crippen LogP contribution in [0.5, 0.6) is 0 Å². The molecule has 0 aliphatic heterocycles. The Morgan fingerprint density at radius 1 is 1.17 bits per heavy atom. The number of unbranched alkanes of at least 4 members (excludes halogenated alkanes) is 1. The molecule has 0 saturated carbocycles. The van der Waals surface area contributed by atoms with E-state index in [2.05, 4.69) is 65.9 Å². The van der Waals surface area contributed by atoms with Crippen molar-refractivity contribution in [3.05, 3.63) is 54.4 Å². The Kier molecular flexibility index (Phi) is 3.82. The van der Waals surface area contributed by atoms with E-state index in [9.17, 15) is 0 Å². The van der Waals surface area contributed by atoms with Crippen molar-refractivity contribution in [3.63, 3.8) is 0 Å². The first kappa shape index (κ1) is 14.6. The van der Waals surface area contributed by atoms with Crippen molar-refractivity contribution in [1.82, 2.24) is 34.7 Å². The van der Waals surface area contributed by atoms with Crippen LogP contribution >= 0.6 is 0 Å². The van der Waals surface area contributed by atoms with E-state index in [1.807, 2.05) is 18.7 Å². The summed E-state index contributed by atoms with van der Waals surface area (Å²) in [4.78, 5) is 4.20. The topological polar surface area (TPSA) is 77.2 Å². The Balaban J connectivity index is 1.62. The zero-order chi connectivity index (χ0) is 16.4. The molecule has 4 rings (SSSR count). The SMILES string of the molecule is Cc1c(-n2ccnc2)n(CCCCc2nn[nH]n2)c2ccccc12. The Morgan fingerprint density at radius 3 is 2.88 bits per heavy atom. The molecule has 3 heterocycles. The summed E-state index contributed by atoms with van der Waals surface area (Å²) in [6.45, 7) is 3.12. The molecule has 122 valence electrons. The van der Waals surface area contributed by atoms with Gasteiger partial charge >= 0.3 is 0 Å². The second-order valence-electron chi connectivity index (χ2n) is 5.87. The lowest BCUT2D eigenvalue weighted by Gasteiger charge is -2.12. The highest BCUT2D eigenvalue weighted by Gasteiger charge is 2.14. The number of nitrogens with one attached hydrogen (secondary N) is 1. The molecule has 7 heteroatoms. The van der Waals surface area contributed by atoms with Gasteiger partial charge in [0.15, 0.2) is 5.82 Å². The largest absolute Gasteiger partial charge is 0.327 e. The van der Waals surface area contributed by atoms with Gasteiger partial charge in [0.1, 0.15) is 12.1 Å². The van der Waals surface area contributed by atoms with Crippen molar-refractivity contribution in [3.8, 4) is 5.82 Å². The van der Waals surface area contributed by atoms with Crippen LogP contribution in [0.1, 0.15) is 24.2 Å². The van der Waals surface area contributed by atoms with Crippen molar-refractivity contribution in [1.29, 1.82) is 0 Å². The van der Waals surface area contributed by atoms with Crippen LogP contribution in [0.2, 0.25) is 0 Å². The van der Waals surface area contributed by atoms with Gasteiger partial charge < -0.3 is 4.57 Å². The number of H-pyrrole nitrogens is 1. The van der Waals surface area contributed by atoms with Crippen LogP contribution in [-0.2, 0) is 13.0 Å². The third kappa shape index (κ3) is 2.58. The number of aromatic amines is 1. The molecule has 24 heavy (non-hydrogen) atoms. The first-order chi connectivity index (χ1) is 11.8. The van der Waals surface area contributed by atoms with E-state index in [4.69, 9.17) is 0 Å². The molecule has 3 aromatic heterocycles. The van der Waals surface area contributed by atoms with Gasteiger partial charge in [-0.05, 0) is 31.4 Å². The number of para-hydroxylation sites is 1. The lowest BCUT2D eigenvalue weighted by molar-refractivity contribution is 0.604. The van der Waals surface area contributed by atoms with Crippen LogP contribution in [0, 0.1) is 6.92 Å². The number of hydrogen-bond acceptors (Lipinski definition) is 4.